The molecule has 0 saturated carbocycles. The van der Waals surface area contributed by atoms with Crippen molar-refractivity contribution >= 4 is 41.6 Å². The first kappa shape index (κ1) is 50.9. The zero-order chi connectivity index (χ0) is 40.6. The van der Waals surface area contributed by atoms with E-state index in [1.165, 1.54) is 53.0 Å². The minimum atomic E-state index is -2.28. The second kappa shape index (κ2) is 22.7. The molecule has 1 aromatic rings. The molecule has 298 valence electrons. The van der Waals surface area contributed by atoms with Gasteiger partial charge in [0, 0.05) is 0 Å². The van der Waals surface area contributed by atoms with Crippen LogP contribution in [0.25, 0.3) is 6.08 Å². The number of nitrogens with one attached hydrogen (secondary N) is 3. The van der Waals surface area contributed by atoms with Crippen molar-refractivity contribution in [3.05, 3.63) is 41.6 Å². The standard InChI is InChI=1S/C34H43N3O17.2Na/c1-13(2)22(30(45)37-23(14(3)4)32(47)48)36-31(46)24(25(41)29-27(43)26(42)28(44)34(50)54-29)35-16-11-20(53-33(16)49)18(39)12-52-21(40)9-7-15-6-8-17(38)19(10-15)51-5;;/h6-9,13-14,18,20,22-24,26-29,34-35,38-39,42-44,50H,12H2,1-5H3,(H,36,46)(H,37,45)(H,47,48);;/q-2;2*+1/b9-7+;;/t18?,20?,22-,23-,24?,26-,27+,28+,29+,34+;;/m0../s1. The zero-order valence-electron chi connectivity index (χ0n) is 31.7. The van der Waals surface area contributed by atoms with Crippen LogP contribution in [-0.4, -0.2) is 146 Å². The molecule has 20 nitrogen and oxygen atoms in total. The van der Waals surface area contributed by atoms with Crippen LogP contribution in [0.5, 0.6) is 11.5 Å². The molecule has 2 aliphatic heterocycles. The van der Waals surface area contributed by atoms with Crippen LogP contribution in [0.4, 0.5) is 0 Å². The van der Waals surface area contributed by atoms with Gasteiger partial charge >= 0.3 is 71.1 Å². The number of aliphatic hydroxyl groups excluding tert-OH is 5. The van der Waals surface area contributed by atoms with E-state index < -0.39 is 121 Å². The minimum Gasteiger partial charge on any atom is -0.554 e. The van der Waals surface area contributed by atoms with Crippen LogP contribution in [0.2, 0.25) is 0 Å². The summed E-state index contributed by atoms with van der Waals surface area (Å²) >= 11 is 0. The van der Waals surface area contributed by atoms with Gasteiger partial charge in [-0.05, 0) is 17.9 Å². The molecule has 3 unspecified atom stereocenters. The summed E-state index contributed by atoms with van der Waals surface area (Å²) in [6.45, 7) is 5.30. The molecule has 0 spiro atoms. The number of carbonyl (C=O) groups is 6. The first-order chi connectivity index (χ1) is 25.3. The Morgan fingerprint density at radius 3 is 2.11 bits per heavy atom. The van der Waals surface area contributed by atoms with Crippen molar-refractivity contribution in [3.63, 3.8) is 0 Å². The molecule has 1 saturated heterocycles. The number of carboxylic acid groups (broad SMARTS) is 1. The van der Waals surface area contributed by atoms with Gasteiger partial charge < -0.3 is 75.4 Å². The Bertz CT molecular complexity index is 1640. The number of aromatic hydroxyl groups is 1. The summed E-state index contributed by atoms with van der Waals surface area (Å²) in [5.74, 6) is -8.74. The number of cyclic esters (lactones) is 1. The Labute approximate surface area is 365 Å². The van der Waals surface area contributed by atoms with E-state index in [2.05, 4.69) is 28.1 Å². The summed E-state index contributed by atoms with van der Waals surface area (Å²) in [4.78, 5) is 77.3. The molecular weight excluding hydrogens is 768 g/mol. The van der Waals surface area contributed by atoms with Gasteiger partial charge in [-0.25, -0.2) is 15.7 Å². The molecule has 1 fully saturated rings. The number of carboxylic acids is 1. The summed E-state index contributed by atoms with van der Waals surface area (Å²) < 4.78 is 19.9. The summed E-state index contributed by atoms with van der Waals surface area (Å²) in [6, 6.07) is 0.299. The Morgan fingerprint density at radius 1 is 0.929 bits per heavy atom. The van der Waals surface area contributed by atoms with Gasteiger partial charge in [0.25, 0.3) is 5.91 Å². The quantitative estimate of drug-likeness (QED) is 0.0230. The Balaban J connectivity index is 0.00000784. The van der Waals surface area contributed by atoms with E-state index in [-0.39, 0.29) is 70.6 Å². The number of aliphatic carboxylic acids is 1. The number of phenolic OH excluding ortho intramolecular Hbond substituents is 1. The van der Waals surface area contributed by atoms with Crippen LogP contribution < -0.4 is 79.8 Å². The van der Waals surface area contributed by atoms with Gasteiger partial charge in [0.2, 0.25) is 5.91 Å². The maximum atomic E-state index is 13.7. The molecule has 0 aromatic heterocycles. The molecule has 22 heteroatoms. The maximum absolute atomic E-state index is 13.7. The number of rotatable bonds is 17. The third-order valence-electron chi connectivity index (χ3n) is 8.17. The van der Waals surface area contributed by atoms with E-state index in [9.17, 15) is 64.5 Å². The number of carbonyl (C=O) groups excluding carboxylic acids is 5. The maximum Gasteiger partial charge on any atom is 1.00 e. The van der Waals surface area contributed by atoms with E-state index in [0.29, 0.717) is 5.56 Å². The van der Waals surface area contributed by atoms with Crippen LogP contribution >= 0.6 is 0 Å². The first-order valence-corrected chi connectivity index (χ1v) is 16.4. The van der Waals surface area contributed by atoms with E-state index in [0.717, 1.165) is 6.08 Å². The Morgan fingerprint density at radius 2 is 1.54 bits per heavy atom. The number of esters is 2. The second-order valence-corrected chi connectivity index (χ2v) is 12.9. The van der Waals surface area contributed by atoms with Gasteiger partial charge in [-0.15, -0.1) is 23.8 Å². The Hall–Kier alpha value is -3.12. The van der Waals surface area contributed by atoms with Crippen LogP contribution in [0.1, 0.15) is 33.3 Å². The number of phenols is 1. The molecule has 2 amide bonds. The van der Waals surface area contributed by atoms with Gasteiger partial charge in [0.05, 0.1) is 24.7 Å². The van der Waals surface area contributed by atoms with E-state index in [1.54, 1.807) is 0 Å². The number of Topliss-reactive ketones (excluding diaryl/α,β-unsaturated/α-hetero) is 1. The number of benzene rings is 1. The zero-order valence-corrected chi connectivity index (χ0v) is 35.7. The molecule has 0 bridgehead atoms. The normalized spacial score (nSPS) is 24.0. The molecular formula is C34H43N3Na2O17. The number of aliphatic hydroxyl groups is 5. The molecule has 3 rings (SSSR count). The third-order valence-corrected chi connectivity index (χ3v) is 8.17. The number of ketones is 1. The van der Waals surface area contributed by atoms with Gasteiger partial charge in [-0.2, -0.15) is 0 Å². The second-order valence-electron chi connectivity index (χ2n) is 12.9. The fourth-order valence-corrected chi connectivity index (χ4v) is 5.07. The fourth-order valence-electron chi connectivity index (χ4n) is 5.07. The van der Waals surface area contributed by atoms with E-state index in [4.69, 9.17) is 18.9 Å². The molecule has 56 heavy (non-hydrogen) atoms. The van der Waals surface area contributed by atoms with Crippen LogP contribution in [0.15, 0.2) is 23.9 Å². The van der Waals surface area contributed by atoms with Crippen molar-refractivity contribution in [2.45, 2.75) is 88.7 Å². The summed E-state index contributed by atoms with van der Waals surface area (Å²) in [5, 5.41) is 77.2. The largest absolute Gasteiger partial charge is 1.00 e. The Kier molecular flexibility index (Phi) is 20.7. The summed E-state index contributed by atoms with van der Waals surface area (Å²) in [5.41, 5.74) is -0.392. The van der Waals surface area contributed by atoms with Gasteiger partial charge in [0.1, 0.15) is 43.1 Å². The SMILES string of the molecule is COc1[c-]c(/C=C/C(=O)OCC(O)C2[C-]=C(NC(C(=O)N[C@H](C(=O)N[C@H](C(=O)O)C(C)C)C(C)C)C(=O)[C@H]3O[C@@H](O)[C@H](O)[C@@H](O)[C@H]3O)C(=O)O2)ccc1O.[Na+].[Na+]. The minimum absolute atomic E-state index is 0. The molecule has 10 atom stereocenters. The number of hydrogen-bond donors (Lipinski definition) is 10. The van der Waals surface area contributed by atoms with Gasteiger partial charge in [-0.1, -0.05) is 39.5 Å². The molecule has 0 radical (unpaired) electrons. The number of hydrogen-bond acceptors (Lipinski definition) is 17. The van der Waals surface area contributed by atoms with Crippen LogP contribution in [-0.2, 0) is 43.0 Å². The molecule has 2 aliphatic rings. The average Bonchev–Trinajstić information content (AvgIpc) is 3.49. The molecule has 2 heterocycles. The van der Waals surface area contributed by atoms with Crippen molar-refractivity contribution < 1.29 is 143 Å². The smallest absolute Gasteiger partial charge is 0.554 e. The van der Waals surface area contributed by atoms with E-state index >= 15 is 0 Å². The molecule has 0 aliphatic carbocycles. The number of methoxy groups -OCH3 is 1. The van der Waals surface area contributed by atoms with Crippen molar-refractivity contribution in [3.8, 4) is 11.5 Å². The predicted molar refractivity (Wildman–Crippen MR) is 178 cm³/mol. The van der Waals surface area contributed by atoms with Gasteiger partial charge in [-0.3, -0.25) is 14.4 Å². The van der Waals surface area contributed by atoms with Crippen molar-refractivity contribution in [1.82, 2.24) is 16.0 Å². The van der Waals surface area contributed by atoms with Crippen molar-refractivity contribution in [1.29, 1.82) is 0 Å². The fraction of sp³-hybridized carbons (Fsp3) is 0.529. The predicted octanol–water partition coefficient (Wildman–Crippen LogP) is -9.57. The summed E-state index contributed by atoms with van der Waals surface area (Å²) in [7, 11) is 1.30. The first-order valence-electron chi connectivity index (χ1n) is 16.4. The summed E-state index contributed by atoms with van der Waals surface area (Å²) in [6.07, 6.45) is -9.53. The van der Waals surface area contributed by atoms with Crippen LogP contribution in [0.3, 0.4) is 0 Å². The monoisotopic (exact) mass is 811 g/mol. The van der Waals surface area contributed by atoms with Crippen molar-refractivity contribution in [2.75, 3.05) is 13.7 Å². The van der Waals surface area contributed by atoms with E-state index in [1.807, 2.05) is 0 Å². The van der Waals surface area contributed by atoms with Crippen LogP contribution in [0, 0.1) is 24.0 Å². The molecule has 10 N–H and O–H groups in total. The average molecular weight is 812 g/mol. The topological polar surface area (TPSA) is 317 Å². The third kappa shape index (κ3) is 13.2. The number of amides is 2. The molecule has 1 aromatic carbocycles. The number of ether oxygens (including phenoxy) is 4. The van der Waals surface area contributed by atoms with Gasteiger partial charge in [0.15, 0.2) is 30.2 Å². The van der Waals surface area contributed by atoms with Crippen molar-refractivity contribution in [2.24, 2.45) is 11.8 Å².